The van der Waals surface area contributed by atoms with E-state index in [0.29, 0.717) is 0 Å². The van der Waals surface area contributed by atoms with Gasteiger partial charge in [0.1, 0.15) is 6.29 Å². The van der Waals surface area contributed by atoms with Crippen molar-refractivity contribution < 1.29 is 4.79 Å². The summed E-state index contributed by atoms with van der Waals surface area (Å²) in [6.45, 7) is 9.41. The molecule has 82 valence electrons. The van der Waals surface area contributed by atoms with Gasteiger partial charge >= 0.3 is 0 Å². The van der Waals surface area contributed by atoms with E-state index in [1.54, 1.807) is 0 Å². The second-order valence-corrected chi connectivity index (χ2v) is 11.9. The van der Waals surface area contributed by atoms with Crippen molar-refractivity contribution in [1.29, 1.82) is 0 Å². The standard InChI is InChI=1S/C12H24OSi/c1-11-6-5-7-12(8-11,9-13)10-14(2,3)4/h9,11H,5-8,10H2,1-4H3. The van der Waals surface area contributed by atoms with Gasteiger partial charge in [-0.1, -0.05) is 39.4 Å². The molecule has 14 heavy (non-hydrogen) atoms. The van der Waals surface area contributed by atoms with Crippen LogP contribution in [-0.2, 0) is 4.79 Å². The molecule has 2 unspecified atom stereocenters. The van der Waals surface area contributed by atoms with E-state index in [2.05, 4.69) is 26.6 Å². The number of carbonyl (C=O) groups excluding carboxylic acids is 1. The van der Waals surface area contributed by atoms with Crippen molar-refractivity contribution in [2.45, 2.75) is 58.3 Å². The van der Waals surface area contributed by atoms with Crippen molar-refractivity contribution in [3.63, 3.8) is 0 Å². The second kappa shape index (κ2) is 4.17. The van der Waals surface area contributed by atoms with Crippen molar-refractivity contribution in [2.24, 2.45) is 11.3 Å². The highest BCUT2D eigenvalue weighted by molar-refractivity contribution is 6.76. The molecule has 0 aromatic rings. The van der Waals surface area contributed by atoms with Gasteiger partial charge in [-0.2, -0.15) is 0 Å². The van der Waals surface area contributed by atoms with Gasteiger partial charge < -0.3 is 4.79 Å². The number of aldehydes is 1. The number of hydrogen-bond donors (Lipinski definition) is 0. The summed E-state index contributed by atoms with van der Waals surface area (Å²) in [6.07, 6.45) is 6.14. The van der Waals surface area contributed by atoms with E-state index >= 15 is 0 Å². The van der Waals surface area contributed by atoms with Crippen molar-refractivity contribution in [3.05, 3.63) is 0 Å². The van der Waals surface area contributed by atoms with E-state index in [0.717, 1.165) is 18.8 Å². The van der Waals surface area contributed by atoms with Gasteiger partial charge in [0, 0.05) is 13.5 Å². The summed E-state index contributed by atoms with van der Waals surface area (Å²) in [6, 6.07) is 1.19. The maximum absolute atomic E-state index is 11.3. The fourth-order valence-corrected chi connectivity index (χ4v) is 5.58. The van der Waals surface area contributed by atoms with Gasteiger partial charge in [0.05, 0.1) is 0 Å². The van der Waals surface area contributed by atoms with Gasteiger partial charge in [-0.3, -0.25) is 0 Å². The maximum atomic E-state index is 11.3. The highest BCUT2D eigenvalue weighted by Crippen LogP contribution is 2.43. The van der Waals surface area contributed by atoms with E-state index in [9.17, 15) is 4.79 Å². The lowest BCUT2D eigenvalue weighted by atomic mass is 9.72. The van der Waals surface area contributed by atoms with Crippen LogP contribution in [0.1, 0.15) is 32.6 Å². The molecule has 0 bridgehead atoms. The van der Waals surface area contributed by atoms with Crippen LogP contribution in [0.25, 0.3) is 0 Å². The minimum Gasteiger partial charge on any atom is -0.303 e. The summed E-state index contributed by atoms with van der Waals surface area (Å²) >= 11 is 0. The summed E-state index contributed by atoms with van der Waals surface area (Å²) < 4.78 is 0. The van der Waals surface area contributed by atoms with Crippen LogP contribution in [-0.4, -0.2) is 14.4 Å². The van der Waals surface area contributed by atoms with E-state index in [4.69, 9.17) is 0 Å². The summed E-state index contributed by atoms with van der Waals surface area (Å²) in [5, 5.41) is 0. The molecule has 1 rings (SSSR count). The van der Waals surface area contributed by atoms with Crippen LogP contribution in [0.5, 0.6) is 0 Å². The van der Waals surface area contributed by atoms with Gasteiger partial charge in [-0.25, -0.2) is 0 Å². The molecule has 0 radical (unpaired) electrons. The molecular weight excluding hydrogens is 188 g/mol. The molecule has 1 saturated carbocycles. The van der Waals surface area contributed by atoms with Gasteiger partial charge in [-0.05, 0) is 24.8 Å². The predicted octanol–water partition coefficient (Wildman–Crippen LogP) is 3.72. The zero-order valence-electron chi connectivity index (χ0n) is 10.1. The van der Waals surface area contributed by atoms with Crippen LogP contribution in [0.15, 0.2) is 0 Å². The first-order valence-electron chi connectivity index (χ1n) is 5.83. The number of hydrogen-bond acceptors (Lipinski definition) is 1. The third-order valence-electron chi connectivity index (χ3n) is 3.26. The molecule has 1 aliphatic rings. The minimum atomic E-state index is -1.10. The zero-order chi connectivity index (χ0) is 10.8. The van der Waals surface area contributed by atoms with Crippen LogP contribution < -0.4 is 0 Å². The molecule has 0 aliphatic heterocycles. The van der Waals surface area contributed by atoms with Crippen molar-refractivity contribution >= 4 is 14.4 Å². The maximum Gasteiger partial charge on any atom is 0.125 e. The SMILES string of the molecule is CC1CCCC(C=O)(C[Si](C)(C)C)C1. The Kier molecular flexibility index (Phi) is 3.57. The van der Waals surface area contributed by atoms with Crippen molar-refractivity contribution in [2.75, 3.05) is 0 Å². The molecule has 0 saturated heterocycles. The lowest BCUT2D eigenvalue weighted by Crippen LogP contribution is -2.37. The molecule has 0 heterocycles. The van der Waals surface area contributed by atoms with Crippen molar-refractivity contribution in [3.8, 4) is 0 Å². The summed E-state index contributed by atoms with van der Waals surface area (Å²) in [4.78, 5) is 11.3. The largest absolute Gasteiger partial charge is 0.303 e. The average Bonchev–Trinajstić information content (AvgIpc) is 2.01. The fourth-order valence-electron chi connectivity index (χ4n) is 3.07. The quantitative estimate of drug-likeness (QED) is 0.515. The molecule has 1 aliphatic carbocycles. The fraction of sp³-hybridized carbons (Fsp3) is 0.917. The second-order valence-electron chi connectivity index (χ2n) is 6.42. The summed E-state index contributed by atoms with van der Waals surface area (Å²) in [7, 11) is -1.10. The monoisotopic (exact) mass is 212 g/mol. The highest BCUT2D eigenvalue weighted by atomic mass is 28.3. The topological polar surface area (TPSA) is 17.1 Å². The number of carbonyl (C=O) groups is 1. The first-order chi connectivity index (χ1) is 6.37. The first-order valence-corrected chi connectivity index (χ1v) is 9.54. The summed E-state index contributed by atoms with van der Waals surface area (Å²) in [5.41, 5.74) is 0.0577. The predicted molar refractivity (Wildman–Crippen MR) is 64.3 cm³/mol. The molecule has 0 N–H and O–H groups in total. The van der Waals surface area contributed by atoms with Crippen LogP contribution in [0.2, 0.25) is 25.7 Å². The molecule has 2 atom stereocenters. The molecule has 1 nitrogen and oxygen atoms in total. The van der Waals surface area contributed by atoms with Crippen LogP contribution in [0.3, 0.4) is 0 Å². The minimum absolute atomic E-state index is 0.0577. The Morgan fingerprint density at radius 2 is 2.07 bits per heavy atom. The highest BCUT2D eigenvalue weighted by Gasteiger charge is 2.38. The van der Waals surface area contributed by atoms with E-state index in [-0.39, 0.29) is 5.41 Å². The Hall–Kier alpha value is -0.113. The molecule has 0 aromatic heterocycles. The van der Waals surface area contributed by atoms with E-state index in [1.165, 1.54) is 25.2 Å². The Morgan fingerprint density at radius 3 is 2.50 bits per heavy atom. The molecular formula is C12H24OSi. The third kappa shape index (κ3) is 3.23. The Balaban J connectivity index is 2.70. The Morgan fingerprint density at radius 1 is 1.43 bits per heavy atom. The van der Waals surface area contributed by atoms with Gasteiger partial charge in [0.25, 0.3) is 0 Å². The summed E-state index contributed by atoms with van der Waals surface area (Å²) in [5.74, 6) is 0.755. The lowest BCUT2D eigenvalue weighted by Gasteiger charge is -2.39. The average molecular weight is 212 g/mol. The Labute approximate surface area is 89.3 Å². The molecule has 2 heteroatoms. The van der Waals surface area contributed by atoms with Gasteiger partial charge in [-0.15, -0.1) is 0 Å². The molecule has 0 aromatic carbocycles. The molecule has 0 spiro atoms. The van der Waals surface area contributed by atoms with Crippen LogP contribution in [0, 0.1) is 11.3 Å². The Bertz CT molecular complexity index is 207. The smallest absolute Gasteiger partial charge is 0.125 e. The van der Waals surface area contributed by atoms with E-state index < -0.39 is 8.07 Å². The van der Waals surface area contributed by atoms with Gasteiger partial charge in [0.2, 0.25) is 0 Å². The zero-order valence-corrected chi connectivity index (χ0v) is 11.1. The molecule has 1 fully saturated rings. The number of rotatable bonds is 3. The third-order valence-corrected chi connectivity index (χ3v) is 5.02. The van der Waals surface area contributed by atoms with Crippen LogP contribution in [0.4, 0.5) is 0 Å². The lowest BCUT2D eigenvalue weighted by molar-refractivity contribution is -0.117. The van der Waals surface area contributed by atoms with Crippen molar-refractivity contribution in [1.82, 2.24) is 0 Å². The molecule has 0 amide bonds. The van der Waals surface area contributed by atoms with E-state index in [1.807, 2.05) is 0 Å². The normalized spacial score (nSPS) is 34.1. The first kappa shape index (κ1) is 12.0. The van der Waals surface area contributed by atoms with Gasteiger partial charge in [0.15, 0.2) is 0 Å². The van der Waals surface area contributed by atoms with Crippen LogP contribution >= 0.6 is 0 Å².